The predicted molar refractivity (Wildman–Crippen MR) is 77.9 cm³/mol. The van der Waals surface area contributed by atoms with E-state index in [9.17, 15) is 14.7 Å². The van der Waals surface area contributed by atoms with Crippen molar-refractivity contribution in [2.75, 3.05) is 32.8 Å². The van der Waals surface area contributed by atoms with Crippen molar-refractivity contribution in [3.8, 4) is 0 Å². The van der Waals surface area contributed by atoms with Crippen LogP contribution in [-0.4, -0.2) is 60.8 Å². The number of likely N-dealkylation sites (tertiary alicyclic amines) is 1. The molecular formula is C15H26N2O4. The molecule has 2 saturated heterocycles. The van der Waals surface area contributed by atoms with Crippen molar-refractivity contribution < 1.29 is 19.4 Å². The van der Waals surface area contributed by atoms with Crippen LogP contribution in [0.5, 0.6) is 0 Å². The van der Waals surface area contributed by atoms with Gasteiger partial charge in [0.2, 0.25) is 5.91 Å². The number of carbonyl (C=O) groups is 2. The van der Waals surface area contributed by atoms with Crippen LogP contribution in [0.4, 0.5) is 0 Å². The van der Waals surface area contributed by atoms with Gasteiger partial charge in [0.15, 0.2) is 0 Å². The number of amides is 1. The number of carboxylic acids is 1. The quantitative estimate of drug-likeness (QED) is 0.781. The molecule has 0 saturated carbocycles. The van der Waals surface area contributed by atoms with E-state index >= 15 is 0 Å². The molecule has 1 atom stereocenters. The Morgan fingerprint density at radius 1 is 1.38 bits per heavy atom. The summed E-state index contributed by atoms with van der Waals surface area (Å²) in [6.07, 6.45) is 2.33. The first-order valence-corrected chi connectivity index (χ1v) is 7.77. The van der Waals surface area contributed by atoms with Gasteiger partial charge >= 0.3 is 5.97 Å². The van der Waals surface area contributed by atoms with E-state index in [4.69, 9.17) is 4.74 Å². The molecule has 2 aliphatic heterocycles. The average Bonchev–Trinajstić information content (AvgIpc) is 2.85. The summed E-state index contributed by atoms with van der Waals surface area (Å²) in [5.74, 6) is -0.685. The van der Waals surface area contributed by atoms with Crippen molar-refractivity contribution in [1.82, 2.24) is 10.2 Å². The molecule has 6 heteroatoms. The lowest BCUT2D eigenvalue weighted by molar-refractivity contribution is -0.151. The Bertz CT molecular complexity index is 393. The van der Waals surface area contributed by atoms with Crippen LogP contribution in [0.2, 0.25) is 0 Å². The third kappa shape index (κ3) is 3.74. The van der Waals surface area contributed by atoms with E-state index in [0.717, 1.165) is 12.8 Å². The van der Waals surface area contributed by atoms with Crippen LogP contribution in [-0.2, 0) is 14.3 Å². The molecule has 21 heavy (non-hydrogen) atoms. The Hall–Kier alpha value is -1.14. The molecule has 0 spiro atoms. The van der Waals surface area contributed by atoms with Gasteiger partial charge in [-0.15, -0.1) is 0 Å². The first kappa shape index (κ1) is 16.2. The van der Waals surface area contributed by atoms with Gasteiger partial charge in [-0.05, 0) is 31.7 Å². The average molecular weight is 298 g/mol. The van der Waals surface area contributed by atoms with Crippen LogP contribution in [0.1, 0.15) is 33.1 Å². The zero-order valence-corrected chi connectivity index (χ0v) is 12.9. The summed E-state index contributed by atoms with van der Waals surface area (Å²) in [5, 5.41) is 12.5. The van der Waals surface area contributed by atoms with Gasteiger partial charge in [-0.1, -0.05) is 13.8 Å². The number of carboxylic acid groups (broad SMARTS) is 1. The minimum Gasteiger partial charge on any atom is -0.481 e. The summed E-state index contributed by atoms with van der Waals surface area (Å²) in [5.41, 5.74) is -0.709. The number of rotatable bonds is 5. The minimum absolute atomic E-state index is 0.00755. The summed E-state index contributed by atoms with van der Waals surface area (Å²) in [6.45, 7) is 6.71. The van der Waals surface area contributed by atoms with E-state index < -0.39 is 11.4 Å². The lowest BCUT2D eigenvalue weighted by Gasteiger charge is -2.29. The second-order valence-electron chi connectivity index (χ2n) is 6.53. The fourth-order valence-corrected chi connectivity index (χ4v) is 3.26. The van der Waals surface area contributed by atoms with Gasteiger partial charge in [-0.2, -0.15) is 0 Å². The molecule has 1 amide bonds. The molecule has 0 aromatic heterocycles. The number of hydrogen-bond acceptors (Lipinski definition) is 4. The van der Waals surface area contributed by atoms with Gasteiger partial charge in [0.1, 0.15) is 0 Å². The fraction of sp³-hybridized carbons (Fsp3) is 0.867. The molecule has 0 aromatic rings. The van der Waals surface area contributed by atoms with Crippen molar-refractivity contribution in [2.24, 2.45) is 11.3 Å². The summed E-state index contributed by atoms with van der Waals surface area (Å²) in [7, 11) is 0. The van der Waals surface area contributed by atoms with Crippen molar-refractivity contribution >= 4 is 11.9 Å². The summed E-state index contributed by atoms with van der Waals surface area (Å²) in [6, 6.07) is 0.197. The SMILES string of the molecule is CC(C)C1(C(=O)O)CCN(CC(=O)NC2CCOCC2)C1. The fourth-order valence-electron chi connectivity index (χ4n) is 3.26. The number of hydrogen-bond donors (Lipinski definition) is 2. The molecule has 0 bridgehead atoms. The Balaban J connectivity index is 1.84. The number of nitrogens with zero attached hydrogens (tertiary/aromatic N) is 1. The van der Waals surface area contributed by atoms with E-state index in [2.05, 4.69) is 5.32 Å². The highest BCUT2D eigenvalue weighted by Crippen LogP contribution is 2.37. The van der Waals surface area contributed by atoms with Gasteiger partial charge < -0.3 is 15.2 Å². The van der Waals surface area contributed by atoms with Crippen molar-refractivity contribution in [3.63, 3.8) is 0 Å². The Morgan fingerprint density at radius 2 is 2.05 bits per heavy atom. The van der Waals surface area contributed by atoms with E-state index in [0.29, 0.717) is 39.3 Å². The Labute approximate surface area is 125 Å². The highest BCUT2D eigenvalue weighted by atomic mass is 16.5. The summed E-state index contributed by atoms with van der Waals surface area (Å²) < 4.78 is 5.27. The van der Waals surface area contributed by atoms with E-state index in [1.54, 1.807) is 0 Å². The molecule has 2 N–H and O–H groups in total. The second kappa shape index (κ2) is 6.75. The van der Waals surface area contributed by atoms with Gasteiger partial charge in [0, 0.05) is 25.8 Å². The number of nitrogens with one attached hydrogen (secondary N) is 1. The van der Waals surface area contributed by atoms with Crippen LogP contribution in [0.25, 0.3) is 0 Å². The standard InChI is InChI=1S/C15H26N2O4/c1-11(2)15(14(19)20)5-6-17(10-15)9-13(18)16-12-3-7-21-8-4-12/h11-12H,3-10H2,1-2H3,(H,16,18)(H,19,20). The van der Waals surface area contributed by atoms with Crippen LogP contribution < -0.4 is 5.32 Å². The lowest BCUT2D eigenvalue weighted by Crippen LogP contribution is -2.45. The number of ether oxygens (including phenoxy) is 1. The molecular weight excluding hydrogens is 272 g/mol. The van der Waals surface area contributed by atoms with Crippen LogP contribution in [0, 0.1) is 11.3 Å². The first-order valence-electron chi connectivity index (χ1n) is 7.77. The zero-order valence-electron chi connectivity index (χ0n) is 12.9. The Morgan fingerprint density at radius 3 is 2.57 bits per heavy atom. The van der Waals surface area contributed by atoms with Crippen molar-refractivity contribution in [3.05, 3.63) is 0 Å². The van der Waals surface area contributed by atoms with Crippen LogP contribution >= 0.6 is 0 Å². The van der Waals surface area contributed by atoms with Gasteiger partial charge in [-0.25, -0.2) is 0 Å². The predicted octanol–water partition coefficient (Wildman–Crippen LogP) is 0.714. The monoisotopic (exact) mass is 298 g/mol. The largest absolute Gasteiger partial charge is 0.481 e. The molecule has 0 aliphatic carbocycles. The normalized spacial score (nSPS) is 28.0. The Kier molecular flexibility index (Phi) is 5.22. The van der Waals surface area contributed by atoms with Gasteiger partial charge in [-0.3, -0.25) is 14.5 Å². The number of carbonyl (C=O) groups excluding carboxylic acids is 1. The lowest BCUT2D eigenvalue weighted by atomic mass is 9.76. The molecule has 1 unspecified atom stereocenters. The van der Waals surface area contributed by atoms with E-state index in [-0.39, 0.29) is 17.9 Å². The van der Waals surface area contributed by atoms with E-state index in [1.165, 1.54) is 0 Å². The molecule has 0 radical (unpaired) electrons. The highest BCUT2D eigenvalue weighted by molar-refractivity contribution is 5.79. The van der Waals surface area contributed by atoms with Crippen molar-refractivity contribution in [2.45, 2.75) is 39.2 Å². The van der Waals surface area contributed by atoms with Gasteiger partial charge in [0.25, 0.3) is 0 Å². The van der Waals surface area contributed by atoms with Crippen LogP contribution in [0.15, 0.2) is 0 Å². The molecule has 0 aromatic carbocycles. The van der Waals surface area contributed by atoms with Gasteiger partial charge in [0.05, 0.1) is 12.0 Å². The first-order chi connectivity index (χ1) is 9.94. The van der Waals surface area contributed by atoms with E-state index in [1.807, 2.05) is 18.7 Å². The third-order valence-electron chi connectivity index (χ3n) is 4.86. The maximum atomic E-state index is 12.1. The smallest absolute Gasteiger partial charge is 0.311 e. The maximum Gasteiger partial charge on any atom is 0.311 e. The molecule has 2 aliphatic rings. The maximum absolute atomic E-state index is 12.1. The highest BCUT2D eigenvalue weighted by Gasteiger charge is 2.47. The topological polar surface area (TPSA) is 78.9 Å². The zero-order chi connectivity index (χ0) is 15.5. The summed E-state index contributed by atoms with van der Waals surface area (Å²) in [4.78, 5) is 25.6. The summed E-state index contributed by atoms with van der Waals surface area (Å²) >= 11 is 0. The third-order valence-corrected chi connectivity index (χ3v) is 4.86. The molecule has 2 rings (SSSR count). The van der Waals surface area contributed by atoms with Crippen molar-refractivity contribution in [1.29, 1.82) is 0 Å². The molecule has 2 fully saturated rings. The minimum atomic E-state index is -0.746. The second-order valence-corrected chi connectivity index (χ2v) is 6.53. The molecule has 120 valence electrons. The number of aliphatic carboxylic acids is 1. The van der Waals surface area contributed by atoms with Crippen LogP contribution in [0.3, 0.4) is 0 Å². The molecule has 6 nitrogen and oxygen atoms in total. The molecule has 2 heterocycles.